The topological polar surface area (TPSA) is 25.9 Å². The number of hydrogen-bond donors (Lipinski definition) is 0. The average Bonchev–Trinajstić information content (AvgIpc) is 3.96. The first-order chi connectivity index (χ1) is 24.5. The fraction of sp³-hybridized carbons (Fsp3) is 0.302. The normalized spacial score (nSPS) is 17.6. The van der Waals surface area contributed by atoms with Gasteiger partial charge in [0.25, 0.3) is 0 Å². The van der Waals surface area contributed by atoms with Crippen LogP contribution in [0.4, 0.5) is 22.7 Å². The zero-order valence-corrected chi connectivity index (χ0v) is 34.5. The molecular weight excluding hydrogens is 841 g/mol. The summed E-state index contributed by atoms with van der Waals surface area (Å²) in [6.07, 6.45) is 16.9. The van der Waals surface area contributed by atoms with Gasteiger partial charge in [0.05, 0.1) is 0 Å². The minimum Gasteiger partial charge on any atom is -0.520 e. The van der Waals surface area contributed by atoms with Crippen molar-refractivity contribution in [3.63, 3.8) is 0 Å². The van der Waals surface area contributed by atoms with Crippen LogP contribution < -0.4 is 19.6 Å². The average molecular weight is 888 g/mol. The van der Waals surface area contributed by atoms with Gasteiger partial charge in [-0.2, -0.15) is 85.3 Å². The fourth-order valence-electron chi connectivity index (χ4n) is 6.86. The zero-order chi connectivity index (χ0) is 35.6. The van der Waals surface area contributed by atoms with Gasteiger partial charge in [0, 0.05) is 40.8 Å². The molecule has 8 rings (SSSR count). The second kappa shape index (κ2) is 15.6. The van der Waals surface area contributed by atoms with Gasteiger partial charge in [-0.25, -0.2) is 17.4 Å². The Hall–Kier alpha value is -3.66. The molecule has 3 aromatic carbocycles. The second-order valence-corrected chi connectivity index (χ2v) is 14.8. The summed E-state index contributed by atoms with van der Waals surface area (Å²) in [4.78, 5) is 17.5. The van der Waals surface area contributed by atoms with Gasteiger partial charge in [0.1, 0.15) is 0 Å². The van der Waals surface area contributed by atoms with Crippen molar-refractivity contribution in [1.29, 1.82) is 0 Å². The summed E-state index contributed by atoms with van der Waals surface area (Å²) in [6.45, 7) is 26.1. The minimum atomic E-state index is -0.185. The number of fused-ring (bicyclic) bond motifs is 3. The van der Waals surface area contributed by atoms with E-state index < -0.39 is 0 Å². The van der Waals surface area contributed by atoms with E-state index in [4.69, 9.17) is 0 Å². The maximum atomic E-state index is 3.88. The number of anilines is 4. The molecule has 53 heavy (non-hydrogen) atoms. The summed E-state index contributed by atoms with van der Waals surface area (Å²) in [6, 6.07) is 27.9. The van der Waals surface area contributed by atoms with Crippen molar-refractivity contribution in [3.05, 3.63) is 148 Å². The summed E-state index contributed by atoms with van der Waals surface area (Å²) < 4.78 is 0. The van der Waals surface area contributed by atoms with E-state index in [1.165, 1.54) is 11.1 Å². The van der Waals surface area contributed by atoms with Gasteiger partial charge in [0.2, 0.25) is 0 Å². The third kappa shape index (κ3) is 7.41. The van der Waals surface area contributed by atoms with Crippen molar-refractivity contribution in [2.75, 3.05) is 19.6 Å². The molecule has 10 heteroatoms. The van der Waals surface area contributed by atoms with Crippen molar-refractivity contribution in [3.8, 4) is 11.1 Å². The largest absolute Gasteiger partial charge is 0.520 e. The molecular formula is C43H46N8Pd2-8. The monoisotopic (exact) mass is 886 g/mol. The van der Waals surface area contributed by atoms with E-state index in [9.17, 15) is 0 Å². The maximum Gasteiger partial charge on any atom is 0 e. The van der Waals surface area contributed by atoms with E-state index in [1.807, 2.05) is 0 Å². The molecule has 0 fully saturated rings. The van der Waals surface area contributed by atoms with Crippen LogP contribution in [0.5, 0.6) is 0 Å². The maximum absolute atomic E-state index is 3.88. The molecule has 4 heterocycles. The molecule has 0 bridgehead atoms. The molecule has 0 spiro atoms. The van der Waals surface area contributed by atoms with Gasteiger partial charge in [-0.1, -0.05) is 5.92 Å². The predicted octanol–water partition coefficient (Wildman–Crippen LogP) is 8.53. The summed E-state index contributed by atoms with van der Waals surface area (Å²) in [7, 11) is 0. The van der Waals surface area contributed by atoms with Gasteiger partial charge in [-0.05, 0) is 129 Å². The number of benzene rings is 3. The second-order valence-electron chi connectivity index (χ2n) is 14.8. The molecule has 0 amide bonds. The van der Waals surface area contributed by atoms with E-state index >= 15 is 0 Å². The summed E-state index contributed by atoms with van der Waals surface area (Å²) in [5, 5.41) is 0. The molecule has 286 valence electrons. The molecule has 0 saturated carbocycles. The van der Waals surface area contributed by atoms with Crippen LogP contribution in [0, 0.1) is 50.9 Å². The van der Waals surface area contributed by atoms with Crippen molar-refractivity contribution in [2.45, 2.75) is 85.5 Å². The van der Waals surface area contributed by atoms with E-state index in [1.54, 1.807) is 0 Å². The molecule has 0 unspecified atom stereocenters. The van der Waals surface area contributed by atoms with Crippen molar-refractivity contribution in [1.82, 2.24) is 19.6 Å². The SMILES string of the molecule is CC(C)N1C=CN(c2[c-]c3c(cc2)-c2ccc(N4C=CN(C(C)C)[CH-]4)[c-]c2C3c2[c-]c(N3C=CN(C(C)C)[CH-]3)cc(N3C=CN(C(C)C)[CH-]3)[c-]2)[CH-]1.[Pd].[Pd]. The first-order valence-corrected chi connectivity index (χ1v) is 18.0. The minimum absolute atomic E-state index is 0. The fourth-order valence-corrected chi connectivity index (χ4v) is 6.86. The van der Waals surface area contributed by atoms with Crippen molar-refractivity contribution >= 4 is 22.7 Å². The Morgan fingerprint density at radius 2 is 0.755 bits per heavy atom. The molecule has 8 nitrogen and oxygen atoms in total. The number of rotatable bonds is 9. The number of hydrogen-bond acceptors (Lipinski definition) is 8. The Labute approximate surface area is 345 Å². The zero-order valence-electron chi connectivity index (χ0n) is 31.4. The third-order valence-corrected chi connectivity index (χ3v) is 10.0. The van der Waals surface area contributed by atoms with Crippen LogP contribution in [0.3, 0.4) is 0 Å². The third-order valence-electron chi connectivity index (χ3n) is 10.0. The van der Waals surface area contributed by atoms with Crippen LogP contribution >= 0.6 is 0 Å². The molecule has 3 aromatic rings. The van der Waals surface area contributed by atoms with Gasteiger partial charge in [0.15, 0.2) is 0 Å². The Kier molecular flexibility index (Phi) is 11.5. The summed E-state index contributed by atoms with van der Waals surface area (Å²) in [5.74, 6) is -0.185. The summed E-state index contributed by atoms with van der Waals surface area (Å²) in [5.41, 5.74) is 9.41. The molecule has 5 aliphatic rings. The molecule has 0 atom stereocenters. The quantitative estimate of drug-likeness (QED) is 0.122. The van der Waals surface area contributed by atoms with Crippen molar-refractivity contribution in [2.24, 2.45) is 0 Å². The first-order valence-electron chi connectivity index (χ1n) is 18.0. The molecule has 0 saturated heterocycles. The Morgan fingerprint density at radius 3 is 1.06 bits per heavy atom. The van der Waals surface area contributed by atoms with E-state index in [0.717, 1.165) is 39.4 Å². The van der Waals surface area contributed by atoms with Gasteiger partial charge < -0.3 is 51.3 Å². The molecule has 1 aliphatic carbocycles. The molecule has 0 radical (unpaired) electrons. The molecule has 0 N–H and O–H groups in total. The Balaban J connectivity index is 0.00000240. The van der Waals surface area contributed by atoms with Crippen molar-refractivity contribution < 1.29 is 40.8 Å². The standard InChI is InChI=1S/C43H46N8.2Pd/c1-30(2)44-13-17-48(26-44)35-9-11-39-40-12-10-36(49-18-14-45(27-49)31(3)4)25-42(40)43(41(39)24-35)34-21-37(50-19-15-46(28-50)32(5)6)23-38(22-34)51-20-16-47(29-51)33(7)8;;/h9-20,23,26-33,43H,1-8H3;;/q-8;;. The van der Waals surface area contributed by atoms with Crippen LogP contribution in [-0.4, -0.2) is 43.8 Å². The summed E-state index contributed by atoms with van der Waals surface area (Å²) >= 11 is 0. The van der Waals surface area contributed by atoms with Gasteiger partial charge in [-0.15, -0.1) is 11.4 Å². The van der Waals surface area contributed by atoms with E-state index in [0.29, 0.717) is 24.2 Å². The van der Waals surface area contributed by atoms with Crippen LogP contribution in [0.25, 0.3) is 11.1 Å². The van der Waals surface area contributed by atoms with Crippen LogP contribution in [0.1, 0.15) is 78.0 Å². The Bertz CT molecular complexity index is 1780. The smallest absolute Gasteiger partial charge is 0 e. The predicted molar refractivity (Wildman–Crippen MR) is 206 cm³/mol. The van der Waals surface area contributed by atoms with E-state index in [-0.39, 0.29) is 46.8 Å². The molecule has 4 aliphatic heterocycles. The van der Waals surface area contributed by atoms with E-state index in [2.05, 4.69) is 225 Å². The Morgan fingerprint density at radius 1 is 0.434 bits per heavy atom. The van der Waals surface area contributed by atoms with Crippen LogP contribution in [0.15, 0.2) is 79.9 Å². The first kappa shape index (κ1) is 39.1. The van der Waals surface area contributed by atoms with Crippen LogP contribution in [0.2, 0.25) is 0 Å². The molecule has 0 aromatic heterocycles. The van der Waals surface area contributed by atoms with Gasteiger partial charge >= 0.3 is 0 Å². The van der Waals surface area contributed by atoms with Crippen LogP contribution in [-0.2, 0) is 40.8 Å². The number of nitrogens with zero attached hydrogens (tertiary/aromatic N) is 8. The van der Waals surface area contributed by atoms with Gasteiger partial charge in [-0.3, -0.25) is 5.56 Å².